The lowest BCUT2D eigenvalue weighted by atomic mass is 9.77. The number of nitrogens with zero attached hydrogens (tertiary/aromatic N) is 2. The van der Waals surface area contributed by atoms with E-state index in [2.05, 4.69) is 32.8 Å². The van der Waals surface area contributed by atoms with Crippen molar-refractivity contribution in [3.8, 4) is 5.75 Å². The lowest BCUT2D eigenvalue weighted by Gasteiger charge is -2.32. The van der Waals surface area contributed by atoms with E-state index in [9.17, 15) is 5.11 Å². The van der Waals surface area contributed by atoms with Crippen LogP contribution in [0.15, 0.2) is 6.20 Å². The maximum Gasteiger partial charge on any atom is 0.162 e. The predicted octanol–water partition coefficient (Wildman–Crippen LogP) is 3.33. The SMILES string of the molecule is COc1cnn(C(C)C)c1C(O)C1CCCC1(C)C. The number of aromatic nitrogens is 2. The summed E-state index contributed by atoms with van der Waals surface area (Å²) >= 11 is 0. The van der Waals surface area contributed by atoms with Gasteiger partial charge in [-0.3, -0.25) is 4.68 Å². The van der Waals surface area contributed by atoms with Gasteiger partial charge in [-0.05, 0) is 38.0 Å². The van der Waals surface area contributed by atoms with Gasteiger partial charge < -0.3 is 9.84 Å². The Bertz CT molecular complexity index is 437. The van der Waals surface area contributed by atoms with Crippen LogP contribution in [0.3, 0.4) is 0 Å². The van der Waals surface area contributed by atoms with Crippen molar-refractivity contribution in [2.24, 2.45) is 11.3 Å². The number of rotatable bonds is 4. The summed E-state index contributed by atoms with van der Waals surface area (Å²) in [6.45, 7) is 8.64. The molecule has 19 heavy (non-hydrogen) atoms. The molecule has 0 radical (unpaired) electrons. The zero-order chi connectivity index (χ0) is 14.2. The molecule has 0 spiro atoms. The van der Waals surface area contributed by atoms with Crippen LogP contribution in [0, 0.1) is 11.3 Å². The largest absolute Gasteiger partial charge is 0.493 e. The first-order chi connectivity index (χ1) is 8.88. The molecule has 1 fully saturated rings. The van der Waals surface area contributed by atoms with Crippen molar-refractivity contribution in [3.63, 3.8) is 0 Å². The van der Waals surface area contributed by atoms with Crippen LogP contribution in [0.1, 0.15) is 64.8 Å². The highest BCUT2D eigenvalue weighted by Gasteiger charge is 2.41. The van der Waals surface area contributed by atoms with Gasteiger partial charge in [0.05, 0.1) is 13.3 Å². The van der Waals surface area contributed by atoms with Crippen LogP contribution in [0.2, 0.25) is 0 Å². The minimum absolute atomic E-state index is 0.177. The summed E-state index contributed by atoms with van der Waals surface area (Å²) in [5, 5.41) is 15.2. The van der Waals surface area contributed by atoms with Gasteiger partial charge in [0.1, 0.15) is 11.8 Å². The average Bonchev–Trinajstić information content (AvgIpc) is 2.90. The number of ether oxygens (including phenoxy) is 1. The summed E-state index contributed by atoms with van der Waals surface area (Å²) in [7, 11) is 1.64. The van der Waals surface area contributed by atoms with E-state index in [-0.39, 0.29) is 17.4 Å². The van der Waals surface area contributed by atoms with Gasteiger partial charge in [0.25, 0.3) is 0 Å². The second kappa shape index (κ2) is 5.16. The van der Waals surface area contributed by atoms with Crippen LogP contribution in [0.25, 0.3) is 0 Å². The van der Waals surface area contributed by atoms with Crippen LogP contribution in [0.5, 0.6) is 5.75 Å². The molecule has 0 aliphatic heterocycles. The molecule has 1 heterocycles. The van der Waals surface area contributed by atoms with E-state index in [0.29, 0.717) is 5.75 Å². The average molecular weight is 266 g/mol. The Hall–Kier alpha value is -1.03. The summed E-state index contributed by atoms with van der Waals surface area (Å²) in [4.78, 5) is 0. The van der Waals surface area contributed by atoms with Crippen LogP contribution < -0.4 is 4.74 Å². The monoisotopic (exact) mass is 266 g/mol. The molecule has 1 aromatic rings. The minimum atomic E-state index is -0.502. The van der Waals surface area contributed by atoms with Gasteiger partial charge in [-0.1, -0.05) is 20.3 Å². The van der Waals surface area contributed by atoms with Crippen LogP contribution in [0.4, 0.5) is 0 Å². The first-order valence-corrected chi connectivity index (χ1v) is 7.18. The lowest BCUT2D eigenvalue weighted by Crippen LogP contribution is -2.26. The predicted molar refractivity (Wildman–Crippen MR) is 75.2 cm³/mol. The topological polar surface area (TPSA) is 47.3 Å². The lowest BCUT2D eigenvalue weighted by molar-refractivity contribution is 0.0435. The van der Waals surface area contributed by atoms with Crippen molar-refractivity contribution in [2.45, 2.75) is 59.1 Å². The van der Waals surface area contributed by atoms with Gasteiger partial charge >= 0.3 is 0 Å². The Morgan fingerprint density at radius 1 is 1.47 bits per heavy atom. The number of aliphatic hydroxyl groups is 1. The summed E-state index contributed by atoms with van der Waals surface area (Å²) in [5.74, 6) is 0.972. The maximum atomic E-state index is 10.8. The summed E-state index contributed by atoms with van der Waals surface area (Å²) in [5.41, 5.74) is 1.01. The van der Waals surface area contributed by atoms with E-state index >= 15 is 0 Å². The van der Waals surface area contributed by atoms with E-state index in [0.717, 1.165) is 12.1 Å². The summed E-state index contributed by atoms with van der Waals surface area (Å²) in [6.07, 6.45) is 4.64. The fourth-order valence-corrected chi connectivity index (χ4v) is 3.34. The molecule has 2 unspecified atom stereocenters. The van der Waals surface area contributed by atoms with Gasteiger partial charge in [-0.2, -0.15) is 5.10 Å². The number of hydrogen-bond acceptors (Lipinski definition) is 3. The van der Waals surface area contributed by atoms with Gasteiger partial charge in [-0.25, -0.2) is 0 Å². The van der Waals surface area contributed by atoms with Gasteiger partial charge in [0, 0.05) is 6.04 Å². The van der Waals surface area contributed by atoms with Crippen molar-refractivity contribution in [2.75, 3.05) is 7.11 Å². The van der Waals surface area contributed by atoms with Crippen molar-refractivity contribution >= 4 is 0 Å². The Morgan fingerprint density at radius 2 is 2.16 bits per heavy atom. The highest BCUT2D eigenvalue weighted by molar-refractivity contribution is 5.28. The Morgan fingerprint density at radius 3 is 2.63 bits per heavy atom. The van der Waals surface area contributed by atoms with E-state index in [4.69, 9.17) is 4.74 Å². The molecule has 0 aromatic carbocycles. The maximum absolute atomic E-state index is 10.8. The third-order valence-corrected chi connectivity index (χ3v) is 4.51. The number of methoxy groups -OCH3 is 1. The standard InChI is InChI=1S/C15H26N2O2/c1-10(2)17-13(12(19-5)9-16-17)14(18)11-7-6-8-15(11,3)4/h9-11,14,18H,6-8H2,1-5H3. The first-order valence-electron chi connectivity index (χ1n) is 7.18. The van der Waals surface area contributed by atoms with Gasteiger partial charge in [-0.15, -0.1) is 0 Å². The molecule has 4 heteroatoms. The molecule has 1 aliphatic rings. The first kappa shape index (κ1) is 14.4. The van der Waals surface area contributed by atoms with Crippen LogP contribution in [-0.2, 0) is 0 Å². The molecule has 1 aliphatic carbocycles. The highest BCUT2D eigenvalue weighted by Crippen LogP contribution is 2.50. The Kier molecular flexibility index (Phi) is 3.90. The number of aliphatic hydroxyl groups excluding tert-OH is 1. The van der Waals surface area contributed by atoms with E-state index in [1.54, 1.807) is 13.3 Å². The van der Waals surface area contributed by atoms with Crippen LogP contribution in [-0.4, -0.2) is 22.0 Å². The van der Waals surface area contributed by atoms with Crippen molar-refractivity contribution in [1.29, 1.82) is 0 Å². The molecule has 108 valence electrons. The number of hydrogen-bond donors (Lipinski definition) is 1. The fraction of sp³-hybridized carbons (Fsp3) is 0.800. The van der Waals surface area contributed by atoms with Crippen molar-refractivity contribution < 1.29 is 9.84 Å². The third-order valence-electron chi connectivity index (χ3n) is 4.51. The minimum Gasteiger partial charge on any atom is -0.493 e. The molecular weight excluding hydrogens is 240 g/mol. The quantitative estimate of drug-likeness (QED) is 0.909. The molecule has 1 N–H and O–H groups in total. The van der Waals surface area contributed by atoms with Crippen molar-refractivity contribution in [1.82, 2.24) is 9.78 Å². The highest BCUT2D eigenvalue weighted by atomic mass is 16.5. The van der Waals surface area contributed by atoms with E-state index in [1.165, 1.54) is 12.8 Å². The smallest absolute Gasteiger partial charge is 0.162 e. The van der Waals surface area contributed by atoms with E-state index in [1.807, 2.05) is 4.68 Å². The molecule has 1 aromatic heterocycles. The molecule has 2 rings (SSSR count). The molecule has 1 saturated carbocycles. The molecule has 0 saturated heterocycles. The normalized spacial score (nSPS) is 23.8. The van der Waals surface area contributed by atoms with E-state index < -0.39 is 6.10 Å². The molecule has 4 nitrogen and oxygen atoms in total. The second-order valence-corrected chi connectivity index (χ2v) is 6.57. The molecule has 2 atom stereocenters. The Balaban J connectivity index is 2.37. The fourth-order valence-electron chi connectivity index (χ4n) is 3.34. The summed E-state index contributed by atoms with van der Waals surface area (Å²) in [6, 6.07) is 0.220. The van der Waals surface area contributed by atoms with Crippen LogP contribution >= 0.6 is 0 Å². The van der Waals surface area contributed by atoms with Gasteiger partial charge in [0.2, 0.25) is 0 Å². The molecule has 0 amide bonds. The summed E-state index contributed by atoms with van der Waals surface area (Å²) < 4.78 is 7.27. The molecule has 0 bridgehead atoms. The zero-order valence-electron chi connectivity index (χ0n) is 12.7. The molecular formula is C15H26N2O2. The third kappa shape index (κ3) is 2.50. The Labute approximate surface area is 115 Å². The second-order valence-electron chi connectivity index (χ2n) is 6.57. The van der Waals surface area contributed by atoms with Gasteiger partial charge in [0.15, 0.2) is 5.75 Å². The van der Waals surface area contributed by atoms with Crippen molar-refractivity contribution in [3.05, 3.63) is 11.9 Å². The zero-order valence-corrected chi connectivity index (χ0v) is 12.7.